The van der Waals surface area contributed by atoms with Crippen LogP contribution in [-0.4, -0.2) is 75.0 Å². The zero-order valence-corrected chi connectivity index (χ0v) is 11.5. The molecule has 0 aromatic rings. The first-order chi connectivity index (χ1) is 9.31. The van der Waals surface area contributed by atoms with Gasteiger partial charge in [0.2, 0.25) is 0 Å². The minimum absolute atomic E-state index is 0.282. The summed E-state index contributed by atoms with van der Waals surface area (Å²) in [6.07, 6.45) is 1.60. The summed E-state index contributed by atoms with van der Waals surface area (Å²) in [6, 6.07) is 0. The Bertz CT molecular complexity index is 301. The average Bonchev–Trinajstić information content (AvgIpc) is 2.47. The van der Waals surface area contributed by atoms with Gasteiger partial charge < -0.3 is 24.0 Å². The third-order valence-corrected chi connectivity index (χ3v) is 3.20. The second-order valence-electron chi connectivity index (χ2n) is 4.45. The van der Waals surface area contributed by atoms with Crippen molar-refractivity contribution in [2.24, 2.45) is 0 Å². The lowest BCUT2D eigenvalue weighted by Crippen LogP contribution is -2.46. The molecule has 6 nitrogen and oxygen atoms in total. The lowest BCUT2D eigenvalue weighted by Gasteiger charge is -2.39. The maximum Gasteiger partial charge on any atom is 0.334 e. The van der Waals surface area contributed by atoms with E-state index < -0.39 is 0 Å². The Morgan fingerprint density at radius 2 is 1.53 bits per heavy atom. The van der Waals surface area contributed by atoms with Crippen molar-refractivity contribution in [2.75, 3.05) is 59.2 Å². The van der Waals surface area contributed by atoms with Gasteiger partial charge in [0.05, 0.1) is 39.1 Å². The average molecular weight is 270 g/mol. The molecule has 6 heteroatoms. The van der Waals surface area contributed by atoms with E-state index in [9.17, 15) is 4.79 Å². The van der Waals surface area contributed by atoms with Crippen LogP contribution in [-0.2, 0) is 19.0 Å². The summed E-state index contributed by atoms with van der Waals surface area (Å²) in [5.74, 6) is 0.653. The highest BCUT2D eigenvalue weighted by Gasteiger charge is 2.22. The molecule has 0 unspecified atom stereocenters. The second-order valence-corrected chi connectivity index (χ2v) is 4.45. The standard InChI is InChI=1S/C13H22N2O4/c1-2-19-13(16)11-12(14-3-7-17-8-4-14)15-5-9-18-10-6-15/h11H,2-10H2,1H3. The summed E-state index contributed by atoms with van der Waals surface area (Å²) in [7, 11) is 0. The van der Waals surface area contributed by atoms with Crippen LogP contribution in [0.2, 0.25) is 0 Å². The Kier molecular flexibility index (Phi) is 5.47. The van der Waals surface area contributed by atoms with E-state index in [1.165, 1.54) is 0 Å². The minimum atomic E-state index is -0.282. The van der Waals surface area contributed by atoms with Gasteiger partial charge in [0, 0.05) is 26.2 Å². The highest BCUT2D eigenvalue weighted by atomic mass is 16.5. The fourth-order valence-corrected chi connectivity index (χ4v) is 2.26. The van der Waals surface area contributed by atoms with Gasteiger partial charge >= 0.3 is 5.97 Å². The Morgan fingerprint density at radius 1 is 1.05 bits per heavy atom. The number of carbonyl (C=O) groups is 1. The van der Waals surface area contributed by atoms with E-state index in [4.69, 9.17) is 14.2 Å². The van der Waals surface area contributed by atoms with Crippen molar-refractivity contribution in [2.45, 2.75) is 6.92 Å². The first-order valence-electron chi connectivity index (χ1n) is 6.85. The van der Waals surface area contributed by atoms with Gasteiger partial charge in [-0.25, -0.2) is 4.79 Å². The summed E-state index contributed by atoms with van der Waals surface area (Å²) in [4.78, 5) is 16.1. The number of rotatable bonds is 4. The van der Waals surface area contributed by atoms with E-state index in [1.54, 1.807) is 6.08 Å². The molecule has 0 amide bonds. The molecular weight excluding hydrogens is 248 g/mol. The van der Waals surface area contributed by atoms with Crippen molar-refractivity contribution >= 4 is 5.97 Å². The molecule has 0 spiro atoms. The normalized spacial score (nSPS) is 20.1. The molecule has 0 aromatic heterocycles. The summed E-state index contributed by atoms with van der Waals surface area (Å²) < 4.78 is 15.7. The number of hydrogen-bond donors (Lipinski definition) is 0. The maximum atomic E-state index is 11.7. The van der Waals surface area contributed by atoms with Crippen molar-refractivity contribution < 1.29 is 19.0 Å². The highest BCUT2D eigenvalue weighted by molar-refractivity contribution is 5.82. The molecule has 19 heavy (non-hydrogen) atoms. The Morgan fingerprint density at radius 3 is 1.95 bits per heavy atom. The lowest BCUT2D eigenvalue weighted by molar-refractivity contribution is -0.137. The van der Waals surface area contributed by atoms with E-state index in [2.05, 4.69) is 9.80 Å². The van der Waals surface area contributed by atoms with Gasteiger partial charge in [-0.15, -0.1) is 0 Å². The monoisotopic (exact) mass is 270 g/mol. The van der Waals surface area contributed by atoms with Crippen molar-refractivity contribution in [3.05, 3.63) is 11.9 Å². The molecular formula is C13H22N2O4. The highest BCUT2D eigenvalue weighted by Crippen LogP contribution is 2.15. The Hall–Kier alpha value is -1.27. The van der Waals surface area contributed by atoms with Gasteiger partial charge in [-0.3, -0.25) is 0 Å². The molecule has 2 rings (SSSR count). The lowest BCUT2D eigenvalue weighted by atomic mass is 10.3. The predicted octanol–water partition coefficient (Wildman–Crippen LogP) is 0.0553. The van der Waals surface area contributed by atoms with Crippen LogP contribution in [0.5, 0.6) is 0 Å². The molecule has 0 N–H and O–H groups in total. The molecule has 2 aliphatic rings. The molecule has 2 heterocycles. The van der Waals surface area contributed by atoms with Crippen molar-refractivity contribution in [3.8, 4) is 0 Å². The van der Waals surface area contributed by atoms with Crippen LogP contribution in [0, 0.1) is 0 Å². The van der Waals surface area contributed by atoms with E-state index in [-0.39, 0.29) is 5.97 Å². The van der Waals surface area contributed by atoms with Gasteiger partial charge in [-0.05, 0) is 6.92 Å². The number of hydrogen-bond acceptors (Lipinski definition) is 6. The van der Waals surface area contributed by atoms with Gasteiger partial charge in [0.1, 0.15) is 5.82 Å². The van der Waals surface area contributed by atoms with Gasteiger partial charge in [-0.2, -0.15) is 0 Å². The van der Waals surface area contributed by atoms with E-state index >= 15 is 0 Å². The minimum Gasteiger partial charge on any atom is -0.463 e. The number of nitrogens with zero attached hydrogens (tertiary/aromatic N) is 2. The fourth-order valence-electron chi connectivity index (χ4n) is 2.26. The fraction of sp³-hybridized carbons (Fsp3) is 0.769. The van der Waals surface area contributed by atoms with Crippen LogP contribution in [0.15, 0.2) is 11.9 Å². The zero-order chi connectivity index (χ0) is 13.5. The Labute approximate surface area is 113 Å². The smallest absolute Gasteiger partial charge is 0.334 e. The van der Waals surface area contributed by atoms with Crippen LogP contribution in [0.1, 0.15) is 6.92 Å². The zero-order valence-electron chi connectivity index (χ0n) is 11.5. The van der Waals surface area contributed by atoms with Crippen LogP contribution in [0.4, 0.5) is 0 Å². The summed E-state index contributed by atoms with van der Waals surface area (Å²) >= 11 is 0. The summed E-state index contributed by atoms with van der Waals surface area (Å²) in [5.41, 5.74) is 0. The molecule has 0 aromatic carbocycles. The number of morpholine rings is 2. The van der Waals surface area contributed by atoms with Crippen LogP contribution in [0.3, 0.4) is 0 Å². The van der Waals surface area contributed by atoms with Crippen LogP contribution >= 0.6 is 0 Å². The molecule has 0 radical (unpaired) electrons. The number of ether oxygens (including phenoxy) is 3. The summed E-state index contributed by atoms with van der Waals surface area (Å²) in [6.45, 7) is 8.24. The second kappa shape index (κ2) is 7.35. The van der Waals surface area contributed by atoms with Crippen LogP contribution in [0.25, 0.3) is 0 Å². The van der Waals surface area contributed by atoms with Gasteiger partial charge in [0.15, 0.2) is 0 Å². The molecule has 0 atom stereocenters. The first kappa shape index (κ1) is 14.1. The molecule has 2 saturated heterocycles. The number of esters is 1. The van der Waals surface area contributed by atoms with Gasteiger partial charge in [-0.1, -0.05) is 0 Å². The topological polar surface area (TPSA) is 51.2 Å². The van der Waals surface area contributed by atoms with Gasteiger partial charge in [0.25, 0.3) is 0 Å². The van der Waals surface area contributed by atoms with Crippen LogP contribution < -0.4 is 0 Å². The molecule has 108 valence electrons. The first-order valence-corrected chi connectivity index (χ1v) is 6.85. The molecule has 0 bridgehead atoms. The number of carbonyl (C=O) groups excluding carboxylic acids is 1. The Balaban J connectivity index is 2.08. The third kappa shape index (κ3) is 4.11. The maximum absolute atomic E-state index is 11.7. The SMILES string of the molecule is CCOC(=O)C=C(N1CCOCC1)N1CCOCC1. The molecule has 2 aliphatic heterocycles. The molecule has 2 fully saturated rings. The van der Waals surface area contributed by atoms with Crippen molar-refractivity contribution in [3.63, 3.8) is 0 Å². The third-order valence-electron chi connectivity index (χ3n) is 3.20. The van der Waals surface area contributed by atoms with E-state index in [0.29, 0.717) is 33.0 Å². The predicted molar refractivity (Wildman–Crippen MR) is 69.5 cm³/mol. The van der Waals surface area contributed by atoms with E-state index in [0.717, 1.165) is 32.0 Å². The van der Waals surface area contributed by atoms with Crippen molar-refractivity contribution in [1.29, 1.82) is 0 Å². The van der Waals surface area contributed by atoms with E-state index in [1.807, 2.05) is 6.92 Å². The quantitative estimate of drug-likeness (QED) is 0.532. The summed E-state index contributed by atoms with van der Waals surface area (Å²) in [5, 5.41) is 0. The van der Waals surface area contributed by atoms with Crippen molar-refractivity contribution in [1.82, 2.24) is 9.80 Å². The largest absolute Gasteiger partial charge is 0.463 e. The molecule has 0 saturated carbocycles. The molecule has 0 aliphatic carbocycles.